The highest BCUT2D eigenvalue weighted by atomic mass is 32.1. The van der Waals surface area contributed by atoms with E-state index in [9.17, 15) is 4.79 Å². The summed E-state index contributed by atoms with van der Waals surface area (Å²) >= 11 is 5.11. The maximum atomic E-state index is 11.8. The van der Waals surface area contributed by atoms with E-state index in [-0.39, 0.29) is 11.0 Å². The normalized spacial score (nSPS) is 10.3. The van der Waals surface area contributed by atoms with E-state index in [1.165, 1.54) is 11.6 Å². The van der Waals surface area contributed by atoms with Crippen molar-refractivity contribution in [3.63, 3.8) is 0 Å². The lowest BCUT2D eigenvalue weighted by molar-refractivity contribution is -0.115. The summed E-state index contributed by atoms with van der Waals surface area (Å²) in [4.78, 5) is 11.8. The van der Waals surface area contributed by atoms with Crippen LogP contribution in [0.2, 0.25) is 0 Å². The third kappa shape index (κ3) is 5.56. The van der Waals surface area contributed by atoms with Crippen LogP contribution in [0, 0.1) is 6.92 Å². The second-order valence-corrected chi connectivity index (χ2v) is 5.32. The summed E-state index contributed by atoms with van der Waals surface area (Å²) in [5.74, 6) is 0.475. The first-order valence-corrected chi connectivity index (χ1v) is 7.48. The molecule has 0 saturated heterocycles. The van der Waals surface area contributed by atoms with Gasteiger partial charge in [0.15, 0.2) is 5.11 Å². The molecule has 0 unspecified atom stereocenters. The van der Waals surface area contributed by atoms with Gasteiger partial charge in [-0.05, 0) is 55.0 Å². The lowest BCUT2D eigenvalue weighted by Gasteiger charge is -2.08. The Morgan fingerprint density at radius 2 is 1.74 bits per heavy atom. The molecule has 0 aliphatic rings. The average Bonchev–Trinajstić information content (AvgIpc) is 2.55. The summed E-state index contributed by atoms with van der Waals surface area (Å²) in [5.41, 5.74) is 2.91. The third-order valence-corrected chi connectivity index (χ3v) is 3.29. The summed E-state index contributed by atoms with van der Waals surface area (Å²) in [5, 5.41) is 5.79. The van der Waals surface area contributed by atoms with E-state index in [0.29, 0.717) is 0 Å². The Labute approximate surface area is 141 Å². The van der Waals surface area contributed by atoms with Crippen molar-refractivity contribution in [3.8, 4) is 5.75 Å². The van der Waals surface area contributed by atoms with Gasteiger partial charge in [-0.1, -0.05) is 29.8 Å². The Morgan fingerprint density at radius 1 is 1.09 bits per heavy atom. The van der Waals surface area contributed by atoms with Crippen LogP contribution >= 0.6 is 12.2 Å². The molecule has 0 aromatic heterocycles. The molecular weight excluding hydrogens is 308 g/mol. The molecule has 23 heavy (non-hydrogen) atoms. The van der Waals surface area contributed by atoms with Gasteiger partial charge < -0.3 is 10.1 Å². The van der Waals surface area contributed by atoms with Crippen molar-refractivity contribution in [2.24, 2.45) is 0 Å². The van der Waals surface area contributed by atoms with Gasteiger partial charge in [-0.25, -0.2) is 0 Å². The maximum Gasteiger partial charge on any atom is 0.250 e. The Hall–Kier alpha value is -2.66. The Bertz CT molecular complexity index is 707. The molecule has 0 aliphatic heterocycles. The summed E-state index contributed by atoms with van der Waals surface area (Å²) in [6.07, 6.45) is 3.19. The Balaban J connectivity index is 1.86. The quantitative estimate of drug-likeness (QED) is 0.667. The van der Waals surface area contributed by atoms with Crippen LogP contribution in [0.3, 0.4) is 0 Å². The number of hydrogen-bond acceptors (Lipinski definition) is 3. The molecule has 0 heterocycles. The number of anilines is 1. The van der Waals surface area contributed by atoms with Gasteiger partial charge in [-0.15, -0.1) is 0 Å². The minimum absolute atomic E-state index is 0.244. The molecule has 1 amide bonds. The number of hydrogen-bond donors (Lipinski definition) is 2. The van der Waals surface area contributed by atoms with E-state index >= 15 is 0 Å². The van der Waals surface area contributed by atoms with E-state index in [4.69, 9.17) is 17.0 Å². The number of aryl methyl sites for hydroxylation is 1. The number of benzene rings is 2. The number of thiocarbonyl (C=S) groups is 1. The first-order valence-electron chi connectivity index (χ1n) is 7.07. The lowest BCUT2D eigenvalue weighted by atomic mass is 10.1. The zero-order valence-corrected chi connectivity index (χ0v) is 13.8. The van der Waals surface area contributed by atoms with Crippen molar-refractivity contribution in [1.82, 2.24) is 5.32 Å². The fraction of sp³-hybridized carbons (Fsp3) is 0.111. The van der Waals surface area contributed by atoms with Crippen LogP contribution < -0.4 is 15.4 Å². The molecule has 0 fully saturated rings. The van der Waals surface area contributed by atoms with Crippen LogP contribution in [-0.4, -0.2) is 18.1 Å². The molecule has 2 rings (SSSR count). The second kappa shape index (κ2) is 8.10. The van der Waals surface area contributed by atoms with Crippen molar-refractivity contribution in [3.05, 3.63) is 65.7 Å². The SMILES string of the molecule is COc1ccc(NC(=S)NC(=O)C=Cc2ccc(C)cc2)cc1. The number of methoxy groups -OCH3 is 1. The summed E-state index contributed by atoms with van der Waals surface area (Å²) < 4.78 is 5.08. The highest BCUT2D eigenvalue weighted by molar-refractivity contribution is 7.80. The van der Waals surface area contributed by atoms with Gasteiger partial charge in [0, 0.05) is 11.8 Å². The standard InChI is InChI=1S/C18H18N2O2S/c1-13-3-5-14(6-4-13)7-12-17(21)20-18(23)19-15-8-10-16(22-2)11-9-15/h3-12H,1-2H3,(H2,19,20,21,23). The van der Waals surface area contributed by atoms with Gasteiger partial charge in [-0.2, -0.15) is 0 Å². The predicted octanol–water partition coefficient (Wildman–Crippen LogP) is 3.53. The van der Waals surface area contributed by atoms with Crippen molar-refractivity contribution in [2.45, 2.75) is 6.92 Å². The van der Waals surface area contributed by atoms with Crippen molar-refractivity contribution >= 4 is 35.0 Å². The van der Waals surface area contributed by atoms with Gasteiger partial charge in [0.25, 0.3) is 0 Å². The zero-order chi connectivity index (χ0) is 16.7. The lowest BCUT2D eigenvalue weighted by Crippen LogP contribution is -2.32. The molecule has 4 nitrogen and oxygen atoms in total. The molecule has 0 atom stereocenters. The van der Waals surface area contributed by atoms with E-state index in [2.05, 4.69) is 10.6 Å². The number of carbonyl (C=O) groups excluding carboxylic acids is 1. The van der Waals surface area contributed by atoms with Crippen LogP contribution in [0.4, 0.5) is 5.69 Å². The Morgan fingerprint density at radius 3 is 2.35 bits per heavy atom. The molecule has 5 heteroatoms. The molecule has 0 radical (unpaired) electrons. The van der Waals surface area contributed by atoms with Crippen LogP contribution in [-0.2, 0) is 4.79 Å². The third-order valence-electron chi connectivity index (χ3n) is 3.09. The van der Waals surface area contributed by atoms with E-state index in [0.717, 1.165) is 17.0 Å². The minimum Gasteiger partial charge on any atom is -0.497 e. The number of ether oxygens (including phenoxy) is 1. The summed E-state index contributed by atoms with van der Waals surface area (Å²) in [7, 11) is 1.60. The molecular formula is C18H18N2O2S. The average molecular weight is 326 g/mol. The topological polar surface area (TPSA) is 50.4 Å². The van der Waals surface area contributed by atoms with Crippen LogP contribution in [0.15, 0.2) is 54.6 Å². The predicted molar refractivity (Wildman–Crippen MR) is 97.6 cm³/mol. The maximum absolute atomic E-state index is 11.8. The van der Waals surface area contributed by atoms with Crippen molar-refractivity contribution < 1.29 is 9.53 Å². The molecule has 0 saturated carbocycles. The highest BCUT2D eigenvalue weighted by Gasteiger charge is 2.02. The van der Waals surface area contributed by atoms with E-state index in [1.54, 1.807) is 13.2 Å². The van der Waals surface area contributed by atoms with Crippen LogP contribution in [0.25, 0.3) is 6.08 Å². The minimum atomic E-state index is -0.281. The fourth-order valence-electron chi connectivity index (χ4n) is 1.84. The van der Waals surface area contributed by atoms with Crippen molar-refractivity contribution in [1.29, 1.82) is 0 Å². The molecule has 118 valence electrons. The van der Waals surface area contributed by atoms with Gasteiger partial charge in [0.1, 0.15) is 5.75 Å². The number of carbonyl (C=O) groups is 1. The first-order chi connectivity index (χ1) is 11.1. The van der Waals surface area contributed by atoms with Gasteiger partial charge in [0.05, 0.1) is 7.11 Å². The monoisotopic (exact) mass is 326 g/mol. The highest BCUT2D eigenvalue weighted by Crippen LogP contribution is 2.14. The molecule has 0 aliphatic carbocycles. The fourth-order valence-corrected chi connectivity index (χ4v) is 2.06. The summed E-state index contributed by atoms with van der Waals surface area (Å²) in [6, 6.07) is 15.1. The van der Waals surface area contributed by atoms with Gasteiger partial charge in [0.2, 0.25) is 5.91 Å². The first kappa shape index (κ1) is 16.7. The molecule has 2 aromatic rings. The zero-order valence-electron chi connectivity index (χ0n) is 13.0. The summed E-state index contributed by atoms with van der Waals surface area (Å²) in [6.45, 7) is 2.02. The van der Waals surface area contributed by atoms with Gasteiger partial charge in [-0.3, -0.25) is 10.1 Å². The molecule has 0 spiro atoms. The number of nitrogens with one attached hydrogen (secondary N) is 2. The van der Waals surface area contributed by atoms with E-state index in [1.807, 2.05) is 55.5 Å². The molecule has 2 aromatic carbocycles. The van der Waals surface area contributed by atoms with Crippen LogP contribution in [0.1, 0.15) is 11.1 Å². The Kier molecular flexibility index (Phi) is 5.88. The van der Waals surface area contributed by atoms with Crippen LogP contribution in [0.5, 0.6) is 5.75 Å². The number of amides is 1. The molecule has 0 bridgehead atoms. The van der Waals surface area contributed by atoms with Crippen molar-refractivity contribution in [2.75, 3.05) is 12.4 Å². The second-order valence-electron chi connectivity index (χ2n) is 4.92. The molecule has 2 N–H and O–H groups in total. The number of rotatable bonds is 4. The van der Waals surface area contributed by atoms with Gasteiger partial charge >= 0.3 is 0 Å². The smallest absolute Gasteiger partial charge is 0.250 e. The van der Waals surface area contributed by atoms with E-state index < -0.39 is 0 Å². The largest absolute Gasteiger partial charge is 0.497 e.